The van der Waals surface area contributed by atoms with E-state index in [1.165, 1.54) is 0 Å². The lowest BCUT2D eigenvalue weighted by Crippen LogP contribution is -2.31. The molecule has 1 amide bonds. The molecule has 0 aromatic heterocycles. The molecule has 0 aliphatic heterocycles. The lowest BCUT2D eigenvalue weighted by molar-refractivity contribution is -0.119. The third-order valence-electron chi connectivity index (χ3n) is 0.798. The van der Waals surface area contributed by atoms with Crippen molar-refractivity contribution in [3.8, 4) is 0 Å². The van der Waals surface area contributed by atoms with Crippen molar-refractivity contribution in [2.24, 2.45) is 16.8 Å². The minimum atomic E-state index is -0.290. The number of nitrogens with zero attached hydrogens (tertiary/aromatic N) is 1. The first kappa shape index (κ1) is 7.90. The monoisotopic (exact) mass is 130 g/mol. The van der Waals surface area contributed by atoms with Gasteiger partial charge >= 0.3 is 0 Å². The third-order valence-corrected chi connectivity index (χ3v) is 0.798. The molecule has 0 saturated heterocycles. The molecule has 52 valence electrons. The lowest BCUT2D eigenvalue weighted by Gasteiger charge is -1.95. The molecule has 0 saturated carbocycles. The second-order valence-electron chi connectivity index (χ2n) is 1.61. The van der Waals surface area contributed by atoms with Crippen molar-refractivity contribution >= 4 is 11.6 Å². The number of carbonyl (C=O) groups excluding carboxylic acids is 1. The number of hydrazine groups is 1. The quantitative estimate of drug-likeness (QED) is 0.188. The summed E-state index contributed by atoms with van der Waals surface area (Å²) in [5.41, 5.74) is 2.51. The minimum absolute atomic E-state index is 0.160. The van der Waals surface area contributed by atoms with Crippen molar-refractivity contribution in [2.45, 2.75) is 13.3 Å². The van der Waals surface area contributed by atoms with E-state index in [2.05, 4.69) is 5.10 Å². The average molecular weight is 130 g/mol. The van der Waals surface area contributed by atoms with Gasteiger partial charge in [-0.3, -0.25) is 10.2 Å². The van der Waals surface area contributed by atoms with Crippen molar-refractivity contribution < 1.29 is 4.79 Å². The van der Waals surface area contributed by atoms with Crippen molar-refractivity contribution in [1.82, 2.24) is 5.43 Å². The summed E-state index contributed by atoms with van der Waals surface area (Å²) in [5, 5.41) is 3.28. The maximum Gasteiger partial charge on any atom is 0.239 e. The predicted molar refractivity (Wildman–Crippen MR) is 34.2 cm³/mol. The Balaban J connectivity index is 3.60. The Morgan fingerprint density at radius 2 is 2.33 bits per heavy atom. The van der Waals surface area contributed by atoms with Crippen LogP contribution in [0, 0.1) is 0 Å². The van der Waals surface area contributed by atoms with Crippen LogP contribution in [0.15, 0.2) is 5.10 Å². The highest BCUT2D eigenvalue weighted by Gasteiger charge is 1.98. The summed E-state index contributed by atoms with van der Waals surface area (Å²) >= 11 is 0. The van der Waals surface area contributed by atoms with Gasteiger partial charge in [-0.25, -0.2) is 5.84 Å². The highest BCUT2D eigenvalue weighted by Crippen LogP contribution is 1.81. The molecule has 0 heterocycles. The lowest BCUT2D eigenvalue weighted by atomic mass is 10.3. The molecule has 0 fully saturated rings. The number of rotatable bonds is 2. The summed E-state index contributed by atoms with van der Waals surface area (Å²) in [6.07, 6.45) is 0.160. The molecular weight excluding hydrogens is 120 g/mol. The summed E-state index contributed by atoms with van der Waals surface area (Å²) in [7, 11) is 0. The maximum atomic E-state index is 10.4. The van der Waals surface area contributed by atoms with E-state index in [9.17, 15) is 4.79 Å². The summed E-state index contributed by atoms with van der Waals surface area (Å²) in [5.74, 6) is 9.33. The van der Waals surface area contributed by atoms with Gasteiger partial charge in [0.25, 0.3) is 0 Å². The zero-order chi connectivity index (χ0) is 7.28. The highest BCUT2D eigenvalue weighted by molar-refractivity contribution is 5.99. The molecule has 0 aromatic rings. The largest absolute Gasteiger partial charge is 0.323 e. The van der Waals surface area contributed by atoms with Crippen LogP contribution in [-0.4, -0.2) is 11.6 Å². The molecular formula is C4H10N4O. The van der Waals surface area contributed by atoms with Crippen LogP contribution >= 0.6 is 0 Å². The van der Waals surface area contributed by atoms with Gasteiger partial charge in [0.15, 0.2) is 0 Å². The van der Waals surface area contributed by atoms with Crippen LogP contribution in [0.25, 0.3) is 0 Å². The van der Waals surface area contributed by atoms with Crippen molar-refractivity contribution in [2.75, 3.05) is 0 Å². The number of hydrogen-bond acceptors (Lipinski definition) is 4. The maximum absolute atomic E-state index is 10.4. The molecule has 0 aliphatic carbocycles. The molecule has 0 unspecified atom stereocenters. The van der Waals surface area contributed by atoms with Crippen LogP contribution in [0.5, 0.6) is 0 Å². The second kappa shape index (κ2) is 3.85. The van der Waals surface area contributed by atoms with Gasteiger partial charge in [-0.15, -0.1) is 0 Å². The van der Waals surface area contributed by atoms with E-state index in [-0.39, 0.29) is 12.3 Å². The SMILES string of the molecule is CC(CC(=O)NN)=NN. The standard InChI is InChI=1S/C4H10N4O/c1-3(7-5)2-4(9)8-6/h2,5-6H2,1H3,(H,8,9). The van der Waals surface area contributed by atoms with Crippen molar-refractivity contribution in [1.29, 1.82) is 0 Å². The zero-order valence-corrected chi connectivity index (χ0v) is 5.22. The molecule has 0 bridgehead atoms. The molecule has 9 heavy (non-hydrogen) atoms. The Labute approximate surface area is 53.1 Å². The van der Waals surface area contributed by atoms with Crippen LogP contribution in [0.4, 0.5) is 0 Å². The average Bonchev–Trinajstić information content (AvgIpc) is 1.87. The number of nitrogens with two attached hydrogens (primary N) is 2. The van der Waals surface area contributed by atoms with E-state index in [1.807, 2.05) is 5.43 Å². The Kier molecular flexibility index (Phi) is 3.38. The fourth-order valence-electron chi connectivity index (χ4n) is 0.329. The summed E-state index contributed by atoms with van der Waals surface area (Å²) in [6, 6.07) is 0. The van der Waals surface area contributed by atoms with Gasteiger partial charge in [0.1, 0.15) is 0 Å². The number of amides is 1. The van der Waals surface area contributed by atoms with Crippen LogP contribution in [0.3, 0.4) is 0 Å². The van der Waals surface area contributed by atoms with Crippen molar-refractivity contribution in [3.05, 3.63) is 0 Å². The van der Waals surface area contributed by atoms with Gasteiger partial charge in [-0.1, -0.05) is 0 Å². The second-order valence-corrected chi connectivity index (χ2v) is 1.61. The van der Waals surface area contributed by atoms with Crippen molar-refractivity contribution in [3.63, 3.8) is 0 Å². The zero-order valence-electron chi connectivity index (χ0n) is 5.22. The van der Waals surface area contributed by atoms with Gasteiger partial charge in [-0.2, -0.15) is 5.10 Å². The Bertz CT molecular complexity index is 131. The van der Waals surface area contributed by atoms with E-state index in [1.54, 1.807) is 6.92 Å². The van der Waals surface area contributed by atoms with E-state index in [0.717, 1.165) is 0 Å². The fourth-order valence-corrected chi connectivity index (χ4v) is 0.329. The van der Waals surface area contributed by atoms with Gasteiger partial charge < -0.3 is 5.84 Å². The molecule has 5 heteroatoms. The normalized spacial score (nSPS) is 11.1. The third kappa shape index (κ3) is 3.48. The molecule has 0 spiro atoms. The Morgan fingerprint density at radius 1 is 1.78 bits per heavy atom. The first-order chi connectivity index (χ1) is 4.20. The Morgan fingerprint density at radius 3 is 2.67 bits per heavy atom. The van der Waals surface area contributed by atoms with Crippen LogP contribution in [0.1, 0.15) is 13.3 Å². The number of hydrazone groups is 1. The minimum Gasteiger partial charge on any atom is -0.323 e. The first-order valence-corrected chi connectivity index (χ1v) is 2.43. The van der Waals surface area contributed by atoms with E-state index in [4.69, 9.17) is 11.7 Å². The van der Waals surface area contributed by atoms with Gasteiger partial charge in [-0.05, 0) is 6.92 Å². The molecule has 0 radical (unpaired) electrons. The van der Waals surface area contributed by atoms with E-state index >= 15 is 0 Å². The summed E-state index contributed by atoms with van der Waals surface area (Å²) in [6.45, 7) is 1.65. The predicted octanol–water partition coefficient (Wildman–Crippen LogP) is -1.30. The Hall–Kier alpha value is -1.10. The van der Waals surface area contributed by atoms with E-state index < -0.39 is 0 Å². The molecule has 0 rings (SSSR count). The number of carbonyl (C=O) groups is 1. The van der Waals surface area contributed by atoms with Gasteiger partial charge in [0, 0.05) is 5.71 Å². The van der Waals surface area contributed by atoms with Crippen LogP contribution in [-0.2, 0) is 4.79 Å². The summed E-state index contributed by atoms with van der Waals surface area (Å²) < 4.78 is 0. The topological polar surface area (TPSA) is 93.5 Å². The van der Waals surface area contributed by atoms with E-state index in [0.29, 0.717) is 5.71 Å². The summed E-state index contributed by atoms with van der Waals surface area (Å²) in [4.78, 5) is 10.4. The van der Waals surface area contributed by atoms with Crippen LogP contribution < -0.4 is 17.1 Å². The fraction of sp³-hybridized carbons (Fsp3) is 0.500. The highest BCUT2D eigenvalue weighted by atomic mass is 16.2. The molecule has 5 nitrogen and oxygen atoms in total. The van der Waals surface area contributed by atoms with Gasteiger partial charge in [0.2, 0.25) is 5.91 Å². The molecule has 5 N–H and O–H groups in total. The number of nitrogens with one attached hydrogen (secondary N) is 1. The van der Waals surface area contributed by atoms with Crippen LogP contribution in [0.2, 0.25) is 0 Å². The number of hydrogen-bond donors (Lipinski definition) is 3. The van der Waals surface area contributed by atoms with Gasteiger partial charge in [0.05, 0.1) is 6.42 Å². The molecule has 0 aliphatic rings. The smallest absolute Gasteiger partial charge is 0.239 e. The molecule has 0 atom stereocenters. The molecule has 0 aromatic carbocycles. The first-order valence-electron chi connectivity index (χ1n) is 2.43.